The van der Waals surface area contributed by atoms with E-state index in [0.717, 1.165) is 6.42 Å². The molecule has 5 heteroatoms. The summed E-state index contributed by atoms with van der Waals surface area (Å²) in [7, 11) is 0. The second-order valence-electron chi connectivity index (χ2n) is 5.25. The van der Waals surface area contributed by atoms with Crippen molar-refractivity contribution in [3.63, 3.8) is 0 Å². The Morgan fingerprint density at radius 1 is 1.45 bits per heavy atom. The van der Waals surface area contributed by atoms with Crippen molar-refractivity contribution < 1.29 is 9.53 Å². The molecule has 1 heterocycles. The van der Waals surface area contributed by atoms with Crippen molar-refractivity contribution in [2.45, 2.75) is 19.3 Å². The number of carbonyl (C=O) groups excluding carboxylic acids is 1. The lowest BCUT2D eigenvalue weighted by molar-refractivity contribution is 0.0949. The maximum Gasteiger partial charge on any atom is 0.252 e. The van der Waals surface area contributed by atoms with E-state index in [1.165, 1.54) is 17.3 Å². The molecule has 1 atom stereocenters. The second-order valence-corrected chi connectivity index (χ2v) is 5.66. The highest BCUT2D eigenvalue weighted by Crippen LogP contribution is 2.34. The van der Waals surface area contributed by atoms with Crippen LogP contribution in [0.25, 0.3) is 0 Å². The summed E-state index contributed by atoms with van der Waals surface area (Å²) in [6.07, 6.45) is 2.50. The van der Waals surface area contributed by atoms with Crippen LogP contribution in [0.4, 0.5) is 0 Å². The zero-order valence-electron chi connectivity index (χ0n) is 12.3. The summed E-state index contributed by atoms with van der Waals surface area (Å²) in [5.41, 5.74) is 3.14. The van der Waals surface area contributed by atoms with Crippen LogP contribution < -0.4 is 10.1 Å². The van der Waals surface area contributed by atoms with Gasteiger partial charge < -0.3 is 10.1 Å². The van der Waals surface area contributed by atoms with Crippen LogP contribution in [0.15, 0.2) is 36.5 Å². The quantitative estimate of drug-likeness (QED) is 0.921. The van der Waals surface area contributed by atoms with Gasteiger partial charge in [-0.15, -0.1) is 0 Å². The fourth-order valence-corrected chi connectivity index (χ4v) is 2.88. The smallest absolute Gasteiger partial charge is 0.252 e. The predicted molar refractivity (Wildman–Crippen MR) is 85.6 cm³/mol. The molecule has 1 N–H and O–H groups in total. The number of hydrogen-bond acceptors (Lipinski definition) is 3. The van der Waals surface area contributed by atoms with Crippen LogP contribution >= 0.6 is 11.6 Å². The Kier molecular flexibility index (Phi) is 4.29. The summed E-state index contributed by atoms with van der Waals surface area (Å²) in [6.45, 7) is 2.97. The minimum absolute atomic E-state index is 0.165. The Morgan fingerprint density at radius 2 is 2.27 bits per heavy atom. The van der Waals surface area contributed by atoms with E-state index in [-0.39, 0.29) is 5.91 Å². The highest BCUT2D eigenvalue weighted by Gasteiger charge is 2.25. The number of halogens is 1. The summed E-state index contributed by atoms with van der Waals surface area (Å²) in [6, 6.07) is 9.91. The van der Waals surface area contributed by atoms with Gasteiger partial charge in [0.1, 0.15) is 5.02 Å². The molecule has 1 aliphatic carbocycles. The van der Waals surface area contributed by atoms with Gasteiger partial charge in [0.05, 0.1) is 12.2 Å². The Labute approximate surface area is 134 Å². The Hall–Kier alpha value is -2.07. The number of amides is 1. The van der Waals surface area contributed by atoms with Gasteiger partial charge >= 0.3 is 0 Å². The zero-order chi connectivity index (χ0) is 15.5. The molecule has 3 rings (SSSR count). The SMILES string of the molecule is CCOc1ncc(C(=O)NC[C@H]2Cc3ccccc32)cc1Cl. The molecule has 0 fully saturated rings. The fraction of sp³-hybridized carbons (Fsp3) is 0.294. The molecule has 0 unspecified atom stereocenters. The minimum Gasteiger partial charge on any atom is -0.477 e. The van der Waals surface area contributed by atoms with E-state index >= 15 is 0 Å². The van der Waals surface area contributed by atoms with Crippen LogP contribution in [-0.4, -0.2) is 24.0 Å². The number of fused-ring (bicyclic) bond motifs is 1. The first-order chi connectivity index (χ1) is 10.7. The number of pyridine rings is 1. The second kappa shape index (κ2) is 6.36. The molecule has 0 spiro atoms. The van der Waals surface area contributed by atoms with Crippen LogP contribution in [0.2, 0.25) is 5.02 Å². The molecule has 1 aromatic heterocycles. The van der Waals surface area contributed by atoms with Crippen molar-refractivity contribution in [2.75, 3.05) is 13.2 Å². The first-order valence-electron chi connectivity index (χ1n) is 7.33. The van der Waals surface area contributed by atoms with E-state index in [1.807, 2.05) is 19.1 Å². The highest BCUT2D eigenvalue weighted by atomic mass is 35.5. The third kappa shape index (κ3) is 2.92. The lowest BCUT2D eigenvalue weighted by Gasteiger charge is -2.30. The van der Waals surface area contributed by atoms with Crippen LogP contribution in [0.5, 0.6) is 5.88 Å². The lowest BCUT2D eigenvalue weighted by Crippen LogP contribution is -2.33. The standard InChI is InChI=1S/C17H17ClN2O2/c1-2-22-17-15(18)8-13(10-20-17)16(21)19-9-12-7-11-5-3-4-6-14(11)12/h3-6,8,10,12H,2,7,9H2,1H3,(H,19,21)/t12-/m1/s1. The molecule has 1 aliphatic rings. The molecule has 1 aromatic carbocycles. The van der Waals surface area contributed by atoms with Gasteiger partial charge in [-0.2, -0.15) is 0 Å². The van der Waals surface area contributed by atoms with Crippen molar-refractivity contribution in [1.82, 2.24) is 10.3 Å². The molecule has 0 saturated heterocycles. The van der Waals surface area contributed by atoms with E-state index in [0.29, 0.717) is 35.5 Å². The van der Waals surface area contributed by atoms with Gasteiger partial charge in [0.15, 0.2) is 0 Å². The van der Waals surface area contributed by atoms with Crippen molar-refractivity contribution in [2.24, 2.45) is 0 Å². The number of nitrogens with zero attached hydrogens (tertiary/aromatic N) is 1. The Bertz CT molecular complexity index is 703. The van der Waals surface area contributed by atoms with Crippen LogP contribution in [-0.2, 0) is 6.42 Å². The average molecular weight is 317 g/mol. The Balaban J connectivity index is 1.60. The van der Waals surface area contributed by atoms with Crippen molar-refractivity contribution in [3.05, 3.63) is 58.2 Å². The average Bonchev–Trinajstić information content (AvgIpc) is 2.50. The summed E-state index contributed by atoms with van der Waals surface area (Å²) < 4.78 is 5.26. The van der Waals surface area contributed by atoms with Gasteiger partial charge in [0.25, 0.3) is 5.91 Å². The molecule has 22 heavy (non-hydrogen) atoms. The summed E-state index contributed by atoms with van der Waals surface area (Å²) >= 11 is 6.05. The van der Waals surface area contributed by atoms with E-state index in [1.54, 1.807) is 6.07 Å². The van der Waals surface area contributed by atoms with Gasteiger partial charge in [0.2, 0.25) is 5.88 Å². The van der Waals surface area contributed by atoms with Crippen molar-refractivity contribution >= 4 is 17.5 Å². The van der Waals surface area contributed by atoms with E-state index in [4.69, 9.17) is 16.3 Å². The summed E-state index contributed by atoms with van der Waals surface area (Å²) in [5, 5.41) is 3.29. The highest BCUT2D eigenvalue weighted by molar-refractivity contribution is 6.32. The maximum absolute atomic E-state index is 12.2. The number of nitrogens with one attached hydrogen (secondary N) is 1. The molecular formula is C17H17ClN2O2. The minimum atomic E-state index is -0.165. The van der Waals surface area contributed by atoms with Gasteiger partial charge in [0, 0.05) is 18.7 Å². The van der Waals surface area contributed by atoms with Gasteiger partial charge in [-0.05, 0) is 30.5 Å². The Morgan fingerprint density at radius 3 is 3.00 bits per heavy atom. The van der Waals surface area contributed by atoms with Crippen molar-refractivity contribution in [3.8, 4) is 5.88 Å². The fourth-order valence-electron chi connectivity index (χ4n) is 2.66. The van der Waals surface area contributed by atoms with E-state index < -0.39 is 0 Å². The number of aromatic nitrogens is 1. The first-order valence-corrected chi connectivity index (χ1v) is 7.71. The molecule has 0 bridgehead atoms. The monoisotopic (exact) mass is 316 g/mol. The third-order valence-corrected chi connectivity index (χ3v) is 4.09. The van der Waals surface area contributed by atoms with Crippen LogP contribution in [0.1, 0.15) is 34.3 Å². The number of rotatable bonds is 5. The van der Waals surface area contributed by atoms with Gasteiger partial charge in [-0.25, -0.2) is 4.98 Å². The van der Waals surface area contributed by atoms with Crippen molar-refractivity contribution in [1.29, 1.82) is 0 Å². The van der Waals surface area contributed by atoms with Crippen LogP contribution in [0, 0.1) is 0 Å². The molecule has 0 saturated carbocycles. The molecule has 0 aliphatic heterocycles. The topological polar surface area (TPSA) is 51.2 Å². The summed E-state index contributed by atoms with van der Waals surface area (Å²) in [5.74, 6) is 0.585. The first kappa shape index (κ1) is 14.9. The molecule has 1 amide bonds. The van der Waals surface area contributed by atoms with E-state index in [2.05, 4.69) is 22.4 Å². The molecule has 0 radical (unpaired) electrons. The largest absolute Gasteiger partial charge is 0.477 e. The van der Waals surface area contributed by atoms with E-state index in [9.17, 15) is 4.79 Å². The van der Waals surface area contributed by atoms with Gasteiger partial charge in [-0.1, -0.05) is 35.9 Å². The number of ether oxygens (including phenoxy) is 1. The number of benzene rings is 1. The molecule has 114 valence electrons. The third-order valence-electron chi connectivity index (χ3n) is 3.82. The predicted octanol–water partition coefficient (Wildman–Crippen LogP) is 3.20. The molecule has 2 aromatic rings. The lowest BCUT2D eigenvalue weighted by atomic mass is 9.77. The zero-order valence-corrected chi connectivity index (χ0v) is 13.1. The number of carbonyl (C=O) groups is 1. The number of hydrogen-bond donors (Lipinski definition) is 1. The maximum atomic E-state index is 12.2. The van der Waals surface area contributed by atoms with Gasteiger partial charge in [-0.3, -0.25) is 4.79 Å². The normalized spacial score (nSPS) is 15.6. The van der Waals surface area contributed by atoms with Crippen LogP contribution in [0.3, 0.4) is 0 Å². The molecule has 4 nitrogen and oxygen atoms in total. The summed E-state index contributed by atoms with van der Waals surface area (Å²) in [4.78, 5) is 16.2. The molecular weight excluding hydrogens is 300 g/mol.